The Bertz CT molecular complexity index is 662. The van der Waals surface area contributed by atoms with Gasteiger partial charge in [0.05, 0.1) is 12.2 Å². The number of aryl methyl sites for hydroxylation is 1. The molecule has 1 amide bonds. The van der Waals surface area contributed by atoms with Crippen LogP contribution in [0.5, 0.6) is 0 Å². The SMILES string of the molecule is CCN(CC(=O)O)C1CC(NC(=O)CCc2c(C)nn(CC(C)C)c2C)C1. The summed E-state index contributed by atoms with van der Waals surface area (Å²) in [5.41, 5.74) is 3.35. The fourth-order valence-corrected chi connectivity index (χ4v) is 3.83. The number of carbonyl (C=O) groups is 2. The van der Waals surface area contributed by atoms with Crippen LogP contribution in [0.15, 0.2) is 0 Å². The van der Waals surface area contributed by atoms with Crippen molar-refractivity contribution < 1.29 is 14.7 Å². The lowest BCUT2D eigenvalue weighted by molar-refractivity contribution is -0.139. The van der Waals surface area contributed by atoms with E-state index in [-0.39, 0.29) is 24.5 Å². The van der Waals surface area contributed by atoms with Gasteiger partial charge in [-0.25, -0.2) is 0 Å². The van der Waals surface area contributed by atoms with Gasteiger partial charge in [0, 0.05) is 30.7 Å². The minimum Gasteiger partial charge on any atom is -0.480 e. The quantitative estimate of drug-likeness (QED) is 0.651. The normalized spacial score (nSPS) is 19.4. The van der Waals surface area contributed by atoms with Gasteiger partial charge in [0.1, 0.15) is 0 Å². The van der Waals surface area contributed by atoms with Crippen molar-refractivity contribution in [2.24, 2.45) is 5.92 Å². The van der Waals surface area contributed by atoms with Crippen LogP contribution in [0.3, 0.4) is 0 Å². The number of hydrogen-bond donors (Lipinski definition) is 2. The van der Waals surface area contributed by atoms with Gasteiger partial charge in [0.25, 0.3) is 0 Å². The maximum atomic E-state index is 12.3. The molecule has 0 aliphatic heterocycles. The Kier molecular flexibility index (Phi) is 7.41. The second kappa shape index (κ2) is 9.35. The Hall–Kier alpha value is -1.89. The van der Waals surface area contributed by atoms with Crippen LogP contribution in [0.1, 0.15) is 57.0 Å². The highest BCUT2D eigenvalue weighted by Crippen LogP contribution is 2.26. The van der Waals surface area contributed by atoms with Crippen molar-refractivity contribution in [1.82, 2.24) is 20.0 Å². The average Bonchev–Trinajstić information content (AvgIpc) is 2.79. The first-order valence-corrected chi connectivity index (χ1v) is 9.99. The van der Waals surface area contributed by atoms with Gasteiger partial charge in [-0.1, -0.05) is 20.8 Å². The first-order chi connectivity index (χ1) is 12.7. The lowest BCUT2D eigenvalue weighted by Crippen LogP contribution is -2.54. The molecule has 1 aromatic heterocycles. The van der Waals surface area contributed by atoms with Crippen molar-refractivity contribution in [2.75, 3.05) is 13.1 Å². The molecule has 1 fully saturated rings. The predicted octanol–water partition coefficient (Wildman–Crippen LogP) is 2.14. The number of nitrogens with zero attached hydrogens (tertiary/aromatic N) is 3. The zero-order valence-corrected chi connectivity index (χ0v) is 17.3. The van der Waals surface area contributed by atoms with Crippen LogP contribution in [0, 0.1) is 19.8 Å². The maximum Gasteiger partial charge on any atom is 0.317 e. The van der Waals surface area contributed by atoms with E-state index in [0.717, 1.165) is 37.3 Å². The molecule has 0 atom stereocenters. The van der Waals surface area contributed by atoms with Crippen molar-refractivity contribution >= 4 is 11.9 Å². The summed E-state index contributed by atoms with van der Waals surface area (Å²) in [6, 6.07) is 0.423. The fourth-order valence-electron chi connectivity index (χ4n) is 3.83. The van der Waals surface area contributed by atoms with E-state index < -0.39 is 5.97 Å². The Morgan fingerprint density at radius 3 is 2.56 bits per heavy atom. The second-order valence-corrected chi connectivity index (χ2v) is 8.07. The summed E-state index contributed by atoms with van der Waals surface area (Å²) in [7, 11) is 0. The molecule has 1 aliphatic carbocycles. The third-order valence-corrected chi connectivity index (χ3v) is 5.41. The summed E-state index contributed by atoms with van der Waals surface area (Å²) in [4.78, 5) is 25.2. The van der Waals surface area contributed by atoms with E-state index in [2.05, 4.69) is 31.2 Å². The lowest BCUT2D eigenvalue weighted by Gasteiger charge is -2.42. The van der Waals surface area contributed by atoms with Gasteiger partial charge >= 0.3 is 5.97 Å². The molecular formula is C20H34N4O3. The number of likely N-dealkylation sites (N-methyl/N-ethyl adjacent to an activating group) is 1. The monoisotopic (exact) mass is 378 g/mol. The molecule has 0 bridgehead atoms. The molecule has 2 rings (SSSR count). The maximum absolute atomic E-state index is 12.3. The average molecular weight is 379 g/mol. The van der Waals surface area contributed by atoms with Gasteiger partial charge in [0.15, 0.2) is 0 Å². The van der Waals surface area contributed by atoms with Crippen molar-refractivity contribution in [3.63, 3.8) is 0 Å². The number of aromatic nitrogens is 2. The number of carbonyl (C=O) groups excluding carboxylic acids is 1. The highest BCUT2D eigenvalue weighted by molar-refractivity contribution is 5.76. The van der Waals surface area contributed by atoms with Crippen LogP contribution in [-0.2, 0) is 22.6 Å². The van der Waals surface area contributed by atoms with E-state index in [1.807, 2.05) is 23.4 Å². The van der Waals surface area contributed by atoms with E-state index in [4.69, 9.17) is 5.11 Å². The molecule has 0 saturated heterocycles. The highest BCUT2D eigenvalue weighted by atomic mass is 16.4. The predicted molar refractivity (Wildman–Crippen MR) is 105 cm³/mol. The fraction of sp³-hybridized carbons (Fsp3) is 0.750. The van der Waals surface area contributed by atoms with Gasteiger partial charge in [-0.05, 0) is 51.1 Å². The molecular weight excluding hydrogens is 344 g/mol. The van der Waals surface area contributed by atoms with Crippen LogP contribution in [0.2, 0.25) is 0 Å². The number of carboxylic acid groups (broad SMARTS) is 1. The number of rotatable bonds is 10. The number of aliphatic carboxylic acids is 1. The van der Waals surface area contributed by atoms with E-state index in [1.54, 1.807) is 0 Å². The zero-order valence-electron chi connectivity index (χ0n) is 17.3. The summed E-state index contributed by atoms with van der Waals surface area (Å²) < 4.78 is 2.05. The minimum absolute atomic E-state index is 0.0649. The third-order valence-electron chi connectivity index (χ3n) is 5.41. The molecule has 7 nitrogen and oxygen atoms in total. The Morgan fingerprint density at radius 2 is 2.00 bits per heavy atom. The van der Waals surface area contributed by atoms with Crippen LogP contribution < -0.4 is 5.32 Å². The number of amides is 1. The summed E-state index contributed by atoms with van der Waals surface area (Å²) in [5, 5.41) is 16.6. The van der Waals surface area contributed by atoms with Gasteiger partial charge < -0.3 is 10.4 Å². The molecule has 2 N–H and O–H groups in total. The second-order valence-electron chi connectivity index (χ2n) is 8.07. The van der Waals surface area contributed by atoms with Crippen LogP contribution in [0.4, 0.5) is 0 Å². The number of nitrogens with one attached hydrogen (secondary N) is 1. The molecule has 1 aliphatic rings. The molecule has 1 aromatic rings. The van der Waals surface area contributed by atoms with Gasteiger partial charge in [-0.3, -0.25) is 19.2 Å². The zero-order chi connectivity index (χ0) is 20.1. The van der Waals surface area contributed by atoms with Gasteiger partial charge in [0.2, 0.25) is 5.91 Å². The molecule has 1 saturated carbocycles. The lowest BCUT2D eigenvalue weighted by atomic mass is 9.85. The molecule has 0 unspecified atom stereocenters. The van der Waals surface area contributed by atoms with Crippen molar-refractivity contribution in [2.45, 2.75) is 78.9 Å². The Morgan fingerprint density at radius 1 is 1.33 bits per heavy atom. The Labute approximate surface area is 162 Å². The van der Waals surface area contributed by atoms with Crippen LogP contribution >= 0.6 is 0 Å². The first-order valence-electron chi connectivity index (χ1n) is 9.99. The molecule has 1 heterocycles. The number of hydrogen-bond acceptors (Lipinski definition) is 4. The van der Waals surface area contributed by atoms with Crippen molar-refractivity contribution in [3.05, 3.63) is 17.0 Å². The standard InChI is InChI=1S/C20H34N4O3/c1-6-23(12-20(26)27)17-9-16(10-17)21-19(25)8-7-18-14(4)22-24(15(18)5)11-13(2)3/h13,16-17H,6-12H2,1-5H3,(H,21,25)(H,26,27). The van der Waals surface area contributed by atoms with E-state index in [9.17, 15) is 9.59 Å². The molecule has 0 radical (unpaired) electrons. The van der Waals surface area contributed by atoms with E-state index >= 15 is 0 Å². The summed E-state index contributed by atoms with van der Waals surface area (Å²) in [6.45, 7) is 12.1. The molecule has 152 valence electrons. The third kappa shape index (κ3) is 5.79. The van der Waals surface area contributed by atoms with E-state index in [1.165, 1.54) is 5.56 Å². The van der Waals surface area contributed by atoms with Gasteiger partial charge in [-0.15, -0.1) is 0 Å². The van der Waals surface area contributed by atoms with E-state index in [0.29, 0.717) is 18.8 Å². The molecule has 0 spiro atoms. The van der Waals surface area contributed by atoms with Crippen LogP contribution in [0.25, 0.3) is 0 Å². The molecule has 7 heteroatoms. The number of carboxylic acids is 1. The largest absolute Gasteiger partial charge is 0.480 e. The molecule has 27 heavy (non-hydrogen) atoms. The van der Waals surface area contributed by atoms with Crippen molar-refractivity contribution in [1.29, 1.82) is 0 Å². The smallest absolute Gasteiger partial charge is 0.317 e. The minimum atomic E-state index is -0.798. The highest BCUT2D eigenvalue weighted by Gasteiger charge is 2.34. The molecule has 0 aromatic carbocycles. The van der Waals surface area contributed by atoms with Crippen LogP contribution in [-0.4, -0.2) is 56.8 Å². The topological polar surface area (TPSA) is 87.5 Å². The van der Waals surface area contributed by atoms with Gasteiger partial charge in [-0.2, -0.15) is 5.10 Å². The van der Waals surface area contributed by atoms with Crippen molar-refractivity contribution in [3.8, 4) is 0 Å². The summed E-state index contributed by atoms with van der Waals surface area (Å²) in [6.07, 6.45) is 2.83. The first kappa shape index (κ1) is 21.4. The summed E-state index contributed by atoms with van der Waals surface area (Å²) in [5.74, 6) is -0.197. The summed E-state index contributed by atoms with van der Waals surface area (Å²) >= 11 is 0. The Balaban J connectivity index is 1.78.